The van der Waals surface area contributed by atoms with Crippen molar-refractivity contribution in [2.45, 2.75) is 12.8 Å². The summed E-state index contributed by atoms with van der Waals surface area (Å²) in [5.41, 5.74) is 2.97. The zero-order valence-electron chi connectivity index (χ0n) is 11.2. The SMILES string of the molecule is Fc1ccn(-c2ccccc2)c1CCc1ccccc1. The summed E-state index contributed by atoms with van der Waals surface area (Å²) in [4.78, 5) is 0. The molecule has 3 aromatic rings. The molecule has 0 radical (unpaired) electrons. The van der Waals surface area contributed by atoms with Crippen molar-refractivity contribution in [2.24, 2.45) is 0 Å². The molecule has 2 aromatic carbocycles. The van der Waals surface area contributed by atoms with Gasteiger partial charge < -0.3 is 4.57 Å². The van der Waals surface area contributed by atoms with Crippen molar-refractivity contribution < 1.29 is 4.39 Å². The van der Waals surface area contributed by atoms with E-state index in [0.717, 1.165) is 17.8 Å². The van der Waals surface area contributed by atoms with Crippen LogP contribution in [0, 0.1) is 5.82 Å². The first-order chi connectivity index (χ1) is 9.84. The lowest BCUT2D eigenvalue weighted by atomic mass is 10.1. The number of aryl methyl sites for hydroxylation is 1. The standard InChI is InChI=1S/C18H16FN/c19-17-13-14-20(16-9-5-2-6-10-16)18(17)12-11-15-7-3-1-4-8-15/h1-10,13-14H,11-12H2. The molecule has 1 heterocycles. The van der Waals surface area contributed by atoms with Crippen LogP contribution in [0.15, 0.2) is 72.9 Å². The smallest absolute Gasteiger partial charge is 0.144 e. The molecule has 0 N–H and O–H groups in total. The van der Waals surface area contributed by atoms with E-state index in [1.54, 1.807) is 6.20 Å². The largest absolute Gasteiger partial charge is 0.318 e. The fourth-order valence-electron chi connectivity index (χ4n) is 2.42. The van der Waals surface area contributed by atoms with Gasteiger partial charge in [-0.15, -0.1) is 0 Å². The summed E-state index contributed by atoms with van der Waals surface area (Å²) in [6.45, 7) is 0. The molecule has 0 saturated heterocycles. The Morgan fingerprint density at radius 1 is 0.750 bits per heavy atom. The molecule has 0 amide bonds. The van der Waals surface area contributed by atoms with Crippen molar-refractivity contribution in [3.8, 4) is 5.69 Å². The van der Waals surface area contributed by atoms with E-state index in [4.69, 9.17) is 0 Å². The van der Waals surface area contributed by atoms with Gasteiger partial charge in [-0.3, -0.25) is 0 Å². The summed E-state index contributed by atoms with van der Waals surface area (Å²) in [6, 6.07) is 21.6. The zero-order valence-corrected chi connectivity index (χ0v) is 11.2. The Morgan fingerprint density at radius 2 is 1.40 bits per heavy atom. The van der Waals surface area contributed by atoms with Gasteiger partial charge in [-0.2, -0.15) is 0 Å². The molecule has 1 nitrogen and oxygen atoms in total. The number of aromatic nitrogens is 1. The van der Waals surface area contributed by atoms with E-state index in [2.05, 4.69) is 12.1 Å². The van der Waals surface area contributed by atoms with Gasteiger partial charge in [0.1, 0.15) is 5.82 Å². The number of nitrogens with zero attached hydrogens (tertiary/aromatic N) is 1. The zero-order chi connectivity index (χ0) is 13.8. The van der Waals surface area contributed by atoms with Crippen molar-refractivity contribution in [3.05, 3.63) is 90.0 Å². The van der Waals surface area contributed by atoms with E-state index in [0.29, 0.717) is 6.42 Å². The van der Waals surface area contributed by atoms with Gasteiger partial charge in [0.15, 0.2) is 0 Å². The molecular formula is C18H16FN. The first kappa shape index (κ1) is 12.7. The second kappa shape index (κ2) is 5.74. The van der Waals surface area contributed by atoms with Crippen LogP contribution < -0.4 is 0 Å². The van der Waals surface area contributed by atoms with Crippen LogP contribution in [-0.4, -0.2) is 4.57 Å². The molecule has 0 spiro atoms. The highest BCUT2D eigenvalue weighted by Crippen LogP contribution is 2.18. The summed E-state index contributed by atoms with van der Waals surface area (Å²) in [6.07, 6.45) is 3.33. The molecule has 0 bridgehead atoms. The molecule has 100 valence electrons. The first-order valence-corrected chi connectivity index (χ1v) is 6.79. The van der Waals surface area contributed by atoms with Crippen LogP contribution in [0.1, 0.15) is 11.3 Å². The van der Waals surface area contributed by atoms with Crippen LogP contribution in [0.2, 0.25) is 0 Å². The van der Waals surface area contributed by atoms with Gasteiger partial charge in [0, 0.05) is 11.9 Å². The summed E-state index contributed by atoms with van der Waals surface area (Å²) in [5.74, 6) is -0.134. The molecule has 0 saturated carbocycles. The van der Waals surface area contributed by atoms with Crippen molar-refractivity contribution in [1.29, 1.82) is 0 Å². The maximum absolute atomic E-state index is 14.0. The quantitative estimate of drug-likeness (QED) is 0.659. The monoisotopic (exact) mass is 265 g/mol. The van der Waals surface area contributed by atoms with E-state index in [-0.39, 0.29) is 5.82 Å². The molecule has 3 rings (SSSR count). The number of hydrogen-bond donors (Lipinski definition) is 0. The Kier molecular flexibility index (Phi) is 3.64. The highest BCUT2D eigenvalue weighted by atomic mass is 19.1. The van der Waals surface area contributed by atoms with Crippen LogP contribution in [0.25, 0.3) is 5.69 Å². The predicted molar refractivity (Wildman–Crippen MR) is 79.6 cm³/mol. The van der Waals surface area contributed by atoms with Crippen LogP contribution in [0.3, 0.4) is 0 Å². The molecule has 0 unspecified atom stereocenters. The van der Waals surface area contributed by atoms with Gasteiger partial charge in [-0.05, 0) is 36.6 Å². The van der Waals surface area contributed by atoms with E-state index >= 15 is 0 Å². The maximum atomic E-state index is 14.0. The topological polar surface area (TPSA) is 4.93 Å². The average Bonchev–Trinajstić information content (AvgIpc) is 2.88. The predicted octanol–water partition coefficient (Wildman–Crippen LogP) is 4.40. The molecule has 0 fully saturated rings. The number of para-hydroxylation sites is 1. The van der Waals surface area contributed by atoms with Gasteiger partial charge >= 0.3 is 0 Å². The molecule has 2 heteroatoms. The van der Waals surface area contributed by atoms with E-state index in [1.807, 2.05) is 53.1 Å². The first-order valence-electron chi connectivity index (χ1n) is 6.79. The molecule has 0 aliphatic rings. The summed E-state index contributed by atoms with van der Waals surface area (Å²) >= 11 is 0. The van der Waals surface area contributed by atoms with Crippen LogP contribution in [0.5, 0.6) is 0 Å². The van der Waals surface area contributed by atoms with Crippen LogP contribution in [-0.2, 0) is 12.8 Å². The van der Waals surface area contributed by atoms with E-state index in [1.165, 1.54) is 11.6 Å². The molecule has 0 aliphatic carbocycles. The van der Waals surface area contributed by atoms with E-state index in [9.17, 15) is 4.39 Å². The van der Waals surface area contributed by atoms with Gasteiger partial charge in [-0.1, -0.05) is 48.5 Å². The molecule has 0 aliphatic heterocycles. The second-order valence-electron chi connectivity index (χ2n) is 4.80. The molecule has 0 atom stereocenters. The molecule has 20 heavy (non-hydrogen) atoms. The van der Waals surface area contributed by atoms with Crippen LogP contribution in [0.4, 0.5) is 4.39 Å². The molecule has 1 aromatic heterocycles. The van der Waals surface area contributed by atoms with Gasteiger partial charge in [0.2, 0.25) is 0 Å². The van der Waals surface area contributed by atoms with Gasteiger partial charge in [0.25, 0.3) is 0 Å². The minimum absolute atomic E-state index is 0.134. The summed E-state index contributed by atoms with van der Waals surface area (Å²) in [7, 11) is 0. The highest BCUT2D eigenvalue weighted by molar-refractivity contribution is 5.35. The van der Waals surface area contributed by atoms with Crippen molar-refractivity contribution in [2.75, 3.05) is 0 Å². The number of rotatable bonds is 4. The number of halogens is 1. The second-order valence-corrected chi connectivity index (χ2v) is 4.80. The third-order valence-electron chi connectivity index (χ3n) is 3.46. The minimum atomic E-state index is -0.134. The number of hydrogen-bond acceptors (Lipinski definition) is 0. The van der Waals surface area contributed by atoms with E-state index < -0.39 is 0 Å². The lowest BCUT2D eigenvalue weighted by molar-refractivity contribution is 0.603. The average molecular weight is 265 g/mol. The Hall–Kier alpha value is -2.35. The Labute approximate surface area is 118 Å². The number of benzene rings is 2. The Balaban J connectivity index is 1.85. The van der Waals surface area contributed by atoms with Gasteiger partial charge in [-0.25, -0.2) is 4.39 Å². The Bertz CT molecular complexity index is 671. The fraction of sp³-hybridized carbons (Fsp3) is 0.111. The normalized spacial score (nSPS) is 10.7. The van der Waals surface area contributed by atoms with Crippen LogP contribution >= 0.6 is 0 Å². The Morgan fingerprint density at radius 3 is 2.10 bits per heavy atom. The molecular weight excluding hydrogens is 249 g/mol. The van der Waals surface area contributed by atoms with Crippen molar-refractivity contribution in [3.63, 3.8) is 0 Å². The summed E-state index contributed by atoms with van der Waals surface area (Å²) in [5, 5.41) is 0. The maximum Gasteiger partial charge on any atom is 0.144 e. The third-order valence-corrected chi connectivity index (χ3v) is 3.46. The summed E-state index contributed by atoms with van der Waals surface area (Å²) < 4.78 is 15.9. The minimum Gasteiger partial charge on any atom is -0.318 e. The highest BCUT2D eigenvalue weighted by Gasteiger charge is 2.10. The van der Waals surface area contributed by atoms with Crippen molar-refractivity contribution >= 4 is 0 Å². The van der Waals surface area contributed by atoms with Crippen molar-refractivity contribution in [1.82, 2.24) is 4.57 Å². The lowest BCUT2D eigenvalue weighted by Crippen LogP contribution is -2.02. The lowest BCUT2D eigenvalue weighted by Gasteiger charge is -2.09. The fourth-order valence-corrected chi connectivity index (χ4v) is 2.42. The van der Waals surface area contributed by atoms with Gasteiger partial charge in [0.05, 0.1) is 5.69 Å². The third kappa shape index (κ3) is 2.64.